The van der Waals surface area contributed by atoms with Crippen LogP contribution in [0.4, 0.5) is 11.4 Å². The summed E-state index contributed by atoms with van der Waals surface area (Å²) in [5.74, 6) is -0.570. The zero-order chi connectivity index (χ0) is 22.9. The van der Waals surface area contributed by atoms with E-state index < -0.39 is 5.92 Å². The number of ketones is 1. The molecule has 5 rings (SSSR count). The van der Waals surface area contributed by atoms with Gasteiger partial charge in [-0.05, 0) is 35.7 Å². The van der Waals surface area contributed by atoms with Gasteiger partial charge in [0.25, 0.3) is 0 Å². The first-order valence-corrected chi connectivity index (χ1v) is 10.7. The molecule has 3 aromatic carbocycles. The molecule has 1 aliphatic heterocycles. The van der Waals surface area contributed by atoms with Crippen molar-refractivity contribution >= 4 is 39.7 Å². The second-order valence-electron chi connectivity index (χ2n) is 8.16. The quantitative estimate of drug-likeness (QED) is 0.481. The first-order valence-electron chi connectivity index (χ1n) is 10.7. The van der Waals surface area contributed by atoms with Crippen molar-refractivity contribution in [3.63, 3.8) is 0 Å². The fourth-order valence-electron chi connectivity index (χ4n) is 4.22. The van der Waals surface area contributed by atoms with E-state index in [1.165, 1.54) is 0 Å². The van der Waals surface area contributed by atoms with E-state index in [1.54, 1.807) is 53.2 Å². The van der Waals surface area contributed by atoms with Crippen LogP contribution in [0, 0.1) is 5.92 Å². The van der Waals surface area contributed by atoms with Crippen LogP contribution in [0.1, 0.15) is 22.6 Å². The molecule has 1 N–H and O–H groups in total. The summed E-state index contributed by atoms with van der Waals surface area (Å²) in [4.78, 5) is 44.0. The molecule has 7 nitrogen and oxygen atoms in total. The summed E-state index contributed by atoms with van der Waals surface area (Å²) in [6, 6.07) is 20.4. The maximum atomic E-state index is 12.9. The summed E-state index contributed by atoms with van der Waals surface area (Å²) in [5, 5.41) is 4.92. The Hall–Kier alpha value is -4.26. The molecule has 1 atom stereocenters. The average Bonchev–Trinajstić information content (AvgIpc) is 3.44. The average molecular weight is 438 g/mol. The number of fused-ring (bicyclic) bond motifs is 1. The van der Waals surface area contributed by atoms with Gasteiger partial charge >= 0.3 is 0 Å². The van der Waals surface area contributed by atoms with E-state index >= 15 is 0 Å². The molecule has 0 bridgehead atoms. The van der Waals surface area contributed by atoms with Crippen LogP contribution in [0.3, 0.4) is 0 Å². The van der Waals surface area contributed by atoms with Crippen LogP contribution in [0.2, 0.25) is 0 Å². The number of amides is 2. The number of rotatable bonds is 5. The Balaban J connectivity index is 1.28. The Morgan fingerprint density at radius 2 is 1.76 bits per heavy atom. The number of carbonyl (C=O) groups excluding carboxylic acids is 3. The predicted octanol–water partition coefficient (Wildman–Crippen LogP) is 3.80. The molecule has 1 aliphatic rings. The molecule has 33 heavy (non-hydrogen) atoms. The smallest absolute Gasteiger partial charge is 0.229 e. The van der Waals surface area contributed by atoms with Crippen LogP contribution in [0.5, 0.6) is 0 Å². The van der Waals surface area contributed by atoms with Crippen molar-refractivity contribution in [2.24, 2.45) is 13.0 Å². The van der Waals surface area contributed by atoms with Crippen LogP contribution in [0.25, 0.3) is 10.8 Å². The number of benzene rings is 3. The molecule has 0 radical (unpaired) electrons. The highest BCUT2D eigenvalue weighted by Crippen LogP contribution is 2.32. The summed E-state index contributed by atoms with van der Waals surface area (Å²) < 4.78 is 1.66. The summed E-state index contributed by atoms with van der Waals surface area (Å²) in [7, 11) is 1.76. The van der Waals surface area contributed by atoms with E-state index in [1.807, 2.05) is 42.5 Å². The van der Waals surface area contributed by atoms with E-state index in [-0.39, 0.29) is 24.0 Å². The van der Waals surface area contributed by atoms with Crippen LogP contribution in [-0.2, 0) is 16.6 Å². The number of anilines is 2. The highest BCUT2D eigenvalue weighted by atomic mass is 16.2. The fraction of sp³-hybridized carbons (Fsp3) is 0.154. The first kappa shape index (κ1) is 20.6. The largest absolute Gasteiger partial charge is 0.331 e. The lowest BCUT2D eigenvalue weighted by molar-refractivity contribution is -0.122. The van der Waals surface area contributed by atoms with E-state index in [0.29, 0.717) is 23.6 Å². The van der Waals surface area contributed by atoms with Crippen molar-refractivity contribution in [3.05, 3.63) is 90.5 Å². The third-order valence-electron chi connectivity index (χ3n) is 5.99. The third-order valence-corrected chi connectivity index (χ3v) is 5.99. The van der Waals surface area contributed by atoms with Crippen LogP contribution >= 0.6 is 0 Å². The number of aryl methyl sites for hydroxylation is 1. The highest BCUT2D eigenvalue weighted by Gasteiger charge is 2.35. The van der Waals surface area contributed by atoms with Gasteiger partial charge in [0.2, 0.25) is 17.6 Å². The molecule has 7 heteroatoms. The van der Waals surface area contributed by atoms with Crippen LogP contribution in [-0.4, -0.2) is 33.7 Å². The van der Waals surface area contributed by atoms with E-state index in [9.17, 15) is 14.4 Å². The second kappa shape index (κ2) is 8.35. The summed E-state index contributed by atoms with van der Waals surface area (Å²) >= 11 is 0. The normalized spacial score (nSPS) is 15.7. The summed E-state index contributed by atoms with van der Waals surface area (Å²) in [6.45, 7) is 0.328. The van der Waals surface area contributed by atoms with Crippen LogP contribution < -0.4 is 10.2 Å². The van der Waals surface area contributed by atoms with Gasteiger partial charge in [-0.25, -0.2) is 4.98 Å². The second-order valence-corrected chi connectivity index (χ2v) is 8.16. The van der Waals surface area contributed by atoms with E-state index in [4.69, 9.17) is 0 Å². The van der Waals surface area contributed by atoms with Gasteiger partial charge in [-0.1, -0.05) is 36.4 Å². The molecule has 1 unspecified atom stereocenters. The SMILES string of the molecule is Cn1ccnc1C(=O)c1ccc(NC(=O)C2CC(=O)N(c3cccc4ccccc34)C2)cc1. The number of carbonyl (C=O) groups is 3. The monoisotopic (exact) mass is 438 g/mol. The molecule has 1 saturated heterocycles. The van der Waals surface area contributed by atoms with E-state index in [0.717, 1.165) is 16.5 Å². The minimum absolute atomic E-state index is 0.0671. The maximum Gasteiger partial charge on any atom is 0.229 e. The molecule has 0 aliphatic carbocycles. The van der Waals surface area contributed by atoms with E-state index in [2.05, 4.69) is 10.3 Å². The standard InChI is InChI=1S/C26H22N4O3/c1-29-14-13-27-25(29)24(32)18-9-11-20(12-10-18)28-26(33)19-15-23(31)30(16-19)22-8-4-6-17-5-2-3-7-21(17)22/h2-14,19H,15-16H2,1H3,(H,28,33). The Morgan fingerprint density at radius 1 is 1.00 bits per heavy atom. The van der Waals surface area contributed by atoms with Gasteiger partial charge in [-0.3, -0.25) is 14.4 Å². The van der Waals surface area contributed by atoms with Crippen molar-refractivity contribution in [2.45, 2.75) is 6.42 Å². The lowest BCUT2D eigenvalue weighted by Gasteiger charge is -2.19. The van der Waals surface area contributed by atoms with Gasteiger partial charge in [-0.2, -0.15) is 0 Å². The Bertz CT molecular complexity index is 1370. The number of hydrogen-bond acceptors (Lipinski definition) is 4. The Labute approximate surface area is 190 Å². The molecule has 0 spiro atoms. The molecule has 1 fully saturated rings. The van der Waals surface area contributed by atoms with Gasteiger partial charge in [0.05, 0.1) is 11.6 Å². The summed E-state index contributed by atoms with van der Waals surface area (Å²) in [5.41, 5.74) is 1.89. The fourth-order valence-corrected chi connectivity index (χ4v) is 4.22. The van der Waals surface area contributed by atoms with Gasteiger partial charge in [-0.15, -0.1) is 0 Å². The zero-order valence-corrected chi connectivity index (χ0v) is 18.1. The van der Waals surface area contributed by atoms with Crippen molar-refractivity contribution < 1.29 is 14.4 Å². The van der Waals surface area contributed by atoms with Gasteiger partial charge in [0.1, 0.15) is 0 Å². The maximum absolute atomic E-state index is 12.9. The molecular weight excluding hydrogens is 416 g/mol. The highest BCUT2D eigenvalue weighted by molar-refractivity contribution is 6.09. The molecular formula is C26H22N4O3. The van der Waals surface area contributed by atoms with Crippen molar-refractivity contribution in [1.82, 2.24) is 9.55 Å². The number of hydrogen-bond donors (Lipinski definition) is 1. The molecule has 164 valence electrons. The number of nitrogens with one attached hydrogen (secondary N) is 1. The third kappa shape index (κ3) is 3.89. The lowest BCUT2D eigenvalue weighted by Crippen LogP contribution is -2.28. The zero-order valence-electron chi connectivity index (χ0n) is 18.1. The molecule has 2 amide bonds. The minimum Gasteiger partial charge on any atom is -0.331 e. The topological polar surface area (TPSA) is 84.3 Å². The molecule has 0 saturated carbocycles. The van der Waals surface area contributed by atoms with Gasteiger partial charge in [0.15, 0.2) is 5.82 Å². The predicted molar refractivity (Wildman–Crippen MR) is 126 cm³/mol. The number of imidazole rings is 1. The number of aromatic nitrogens is 2. The van der Waals surface area contributed by atoms with Crippen molar-refractivity contribution in [2.75, 3.05) is 16.8 Å². The Kier molecular flexibility index (Phi) is 5.22. The van der Waals surface area contributed by atoms with Crippen molar-refractivity contribution in [1.29, 1.82) is 0 Å². The van der Waals surface area contributed by atoms with Gasteiger partial charge < -0.3 is 14.8 Å². The minimum atomic E-state index is -0.453. The summed E-state index contributed by atoms with van der Waals surface area (Å²) in [6.07, 6.45) is 3.45. The number of nitrogens with zero attached hydrogens (tertiary/aromatic N) is 3. The Morgan fingerprint density at radius 3 is 2.52 bits per heavy atom. The van der Waals surface area contributed by atoms with Crippen molar-refractivity contribution in [3.8, 4) is 0 Å². The van der Waals surface area contributed by atoms with Crippen LogP contribution in [0.15, 0.2) is 79.1 Å². The molecule has 4 aromatic rings. The molecule has 2 heterocycles. The van der Waals surface area contributed by atoms with Gasteiger partial charge in [0, 0.05) is 49.0 Å². The molecule has 1 aromatic heterocycles. The lowest BCUT2D eigenvalue weighted by atomic mass is 10.1. The first-order chi connectivity index (χ1) is 16.0.